The molecule has 4 nitrogen and oxygen atoms in total. The lowest BCUT2D eigenvalue weighted by Crippen LogP contribution is -2.13. The number of nitrogens with one attached hydrogen (secondary N) is 1. The summed E-state index contributed by atoms with van der Waals surface area (Å²) < 4.78 is 5.69. The number of nitrogens with zero attached hydrogens (tertiary/aromatic N) is 1. The van der Waals surface area contributed by atoms with Crippen LogP contribution in [0.2, 0.25) is 10.0 Å². The summed E-state index contributed by atoms with van der Waals surface area (Å²) in [6.45, 7) is 0. The van der Waals surface area contributed by atoms with Gasteiger partial charge >= 0.3 is 0 Å². The second kappa shape index (κ2) is 7.92. The van der Waals surface area contributed by atoms with Gasteiger partial charge in [-0.25, -0.2) is 0 Å². The molecule has 1 aromatic heterocycles. The SMILES string of the molecule is N#C/C(=C/c1ccc(-c2cccc(Cl)c2)o1)C(=O)Nc1cccc(Cl)c1. The summed E-state index contributed by atoms with van der Waals surface area (Å²) in [4.78, 5) is 12.3. The van der Waals surface area contributed by atoms with Gasteiger partial charge < -0.3 is 9.73 Å². The topological polar surface area (TPSA) is 66.0 Å². The lowest BCUT2D eigenvalue weighted by atomic mass is 10.2. The van der Waals surface area contributed by atoms with Gasteiger partial charge in [-0.2, -0.15) is 5.26 Å². The van der Waals surface area contributed by atoms with Gasteiger partial charge in [0.1, 0.15) is 23.2 Å². The van der Waals surface area contributed by atoms with Gasteiger partial charge in [-0.15, -0.1) is 0 Å². The van der Waals surface area contributed by atoms with Crippen LogP contribution >= 0.6 is 23.2 Å². The molecule has 2 aromatic carbocycles. The number of nitriles is 1. The van der Waals surface area contributed by atoms with E-state index in [1.165, 1.54) is 6.08 Å². The summed E-state index contributed by atoms with van der Waals surface area (Å²) in [5.74, 6) is 0.430. The molecule has 0 spiro atoms. The molecule has 6 heteroatoms. The van der Waals surface area contributed by atoms with E-state index in [1.54, 1.807) is 48.5 Å². The summed E-state index contributed by atoms with van der Waals surface area (Å²) in [6, 6.07) is 19.2. The molecule has 128 valence electrons. The Labute approximate surface area is 160 Å². The van der Waals surface area contributed by atoms with Crippen LogP contribution in [0.25, 0.3) is 17.4 Å². The highest BCUT2D eigenvalue weighted by Crippen LogP contribution is 2.26. The number of rotatable bonds is 4. The minimum absolute atomic E-state index is 0.0861. The Morgan fingerprint density at radius 3 is 2.46 bits per heavy atom. The van der Waals surface area contributed by atoms with Crippen LogP contribution in [0, 0.1) is 11.3 Å². The third-order valence-electron chi connectivity index (χ3n) is 3.47. The Morgan fingerprint density at radius 2 is 1.77 bits per heavy atom. The van der Waals surface area contributed by atoms with Crippen LogP contribution in [0.3, 0.4) is 0 Å². The van der Waals surface area contributed by atoms with E-state index in [0.717, 1.165) is 5.56 Å². The Morgan fingerprint density at radius 1 is 1.04 bits per heavy atom. The van der Waals surface area contributed by atoms with Crippen molar-refractivity contribution in [3.8, 4) is 17.4 Å². The molecule has 1 N–H and O–H groups in total. The lowest BCUT2D eigenvalue weighted by Gasteiger charge is -2.04. The van der Waals surface area contributed by atoms with Gasteiger partial charge in [0.25, 0.3) is 5.91 Å². The maximum absolute atomic E-state index is 12.3. The third kappa shape index (κ3) is 4.34. The summed E-state index contributed by atoms with van der Waals surface area (Å²) in [5, 5.41) is 13.0. The highest BCUT2D eigenvalue weighted by atomic mass is 35.5. The number of anilines is 1. The zero-order valence-corrected chi connectivity index (χ0v) is 14.9. The van der Waals surface area contributed by atoms with Crippen LogP contribution in [-0.4, -0.2) is 5.91 Å². The molecule has 0 atom stereocenters. The molecule has 3 rings (SSSR count). The standard InChI is InChI=1S/C20H12Cl2N2O2/c21-15-4-1-3-13(9-15)19-8-7-18(26-19)10-14(12-23)20(25)24-17-6-2-5-16(22)11-17/h1-11H,(H,24,25)/b14-10-. The molecular weight excluding hydrogens is 371 g/mol. The highest BCUT2D eigenvalue weighted by molar-refractivity contribution is 6.31. The first-order chi connectivity index (χ1) is 12.5. The molecule has 1 amide bonds. The number of halogens is 2. The number of amides is 1. The fourth-order valence-corrected chi connectivity index (χ4v) is 2.66. The quantitative estimate of drug-likeness (QED) is 0.457. The largest absolute Gasteiger partial charge is 0.457 e. The molecule has 0 unspecified atom stereocenters. The van der Waals surface area contributed by atoms with E-state index in [2.05, 4.69) is 5.32 Å². The van der Waals surface area contributed by atoms with Crippen LogP contribution in [0.5, 0.6) is 0 Å². The number of benzene rings is 2. The van der Waals surface area contributed by atoms with Crippen molar-refractivity contribution in [3.63, 3.8) is 0 Å². The van der Waals surface area contributed by atoms with E-state index in [9.17, 15) is 10.1 Å². The molecule has 1 heterocycles. The zero-order chi connectivity index (χ0) is 18.5. The van der Waals surface area contributed by atoms with Crippen molar-refractivity contribution in [2.45, 2.75) is 0 Å². The van der Waals surface area contributed by atoms with Crippen LogP contribution in [0.4, 0.5) is 5.69 Å². The van der Waals surface area contributed by atoms with Crippen molar-refractivity contribution in [3.05, 3.63) is 82.0 Å². The van der Waals surface area contributed by atoms with Gasteiger partial charge in [-0.1, -0.05) is 41.4 Å². The second-order valence-corrected chi connectivity index (χ2v) is 6.22. The predicted molar refractivity (Wildman–Crippen MR) is 103 cm³/mol. The van der Waals surface area contributed by atoms with Gasteiger partial charge in [-0.05, 0) is 42.5 Å². The van der Waals surface area contributed by atoms with Crippen LogP contribution in [-0.2, 0) is 4.79 Å². The second-order valence-electron chi connectivity index (χ2n) is 5.35. The fourth-order valence-electron chi connectivity index (χ4n) is 2.28. The molecular formula is C20H12Cl2N2O2. The van der Waals surface area contributed by atoms with Crippen molar-refractivity contribution in [2.75, 3.05) is 5.32 Å². The summed E-state index contributed by atoms with van der Waals surface area (Å²) in [7, 11) is 0. The van der Waals surface area contributed by atoms with Crippen molar-refractivity contribution >= 4 is 40.9 Å². The van der Waals surface area contributed by atoms with Gasteiger partial charge in [0.15, 0.2) is 0 Å². The molecule has 0 bridgehead atoms. The van der Waals surface area contributed by atoms with Crippen molar-refractivity contribution < 1.29 is 9.21 Å². The van der Waals surface area contributed by atoms with E-state index in [0.29, 0.717) is 27.3 Å². The minimum atomic E-state index is -0.546. The number of carbonyl (C=O) groups is 1. The summed E-state index contributed by atoms with van der Waals surface area (Å²) in [5.41, 5.74) is 1.22. The highest BCUT2D eigenvalue weighted by Gasteiger charge is 2.12. The van der Waals surface area contributed by atoms with Gasteiger partial charge in [0.2, 0.25) is 0 Å². The number of hydrogen-bond donors (Lipinski definition) is 1. The monoisotopic (exact) mass is 382 g/mol. The average Bonchev–Trinajstić information content (AvgIpc) is 3.08. The van der Waals surface area contributed by atoms with Crippen LogP contribution < -0.4 is 5.32 Å². The van der Waals surface area contributed by atoms with Crippen LogP contribution in [0.1, 0.15) is 5.76 Å². The first-order valence-electron chi connectivity index (χ1n) is 7.59. The van der Waals surface area contributed by atoms with Crippen molar-refractivity contribution in [2.24, 2.45) is 0 Å². The van der Waals surface area contributed by atoms with Gasteiger partial charge in [0, 0.05) is 27.4 Å². The zero-order valence-electron chi connectivity index (χ0n) is 13.4. The molecule has 26 heavy (non-hydrogen) atoms. The molecule has 0 aliphatic heterocycles. The predicted octanol–water partition coefficient (Wildman–Crippen LogP) is 5.80. The molecule has 0 fully saturated rings. The summed E-state index contributed by atoms with van der Waals surface area (Å²) >= 11 is 11.9. The number of furan rings is 1. The van der Waals surface area contributed by atoms with Gasteiger partial charge in [0.05, 0.1) is 0 Å². The Kier molecular flexibility index (Phi) is 5.43. The first kappa shape index (κ1) is 17.8. The van der Waals surface area contributed by atoms with E-state index in [-0.39, 0.29) is 5.57 Å². The molecule has 3 aromatic rings. The van der Waals surface area contributed by atoms with Crippen molar-refractivity contribution in [1.82, 2.24) is 0 Å². The Bertz CT molecular complexity index is 1030. The number of carbonyl (C=O) groups excluding carboxylic acids is 1. The third-order valence-corrected chi connectivity index (χ3v) is 3.94. The van der Waals surface area contributed by atoms with E-state index in [4.69, 9.17) is 27.6 Å². The fraction of sp³-hybridized carbons (Fsp3) is 0. The number of hydrogen-bond acceptors (Lipinski definition) is 3. The molecule has 0 radical (unpaired) electrons. The van der Waals surface area contributed by atoms with Crippen molar-refractivity contribution in [1.29, 1.82) is 5.26 Å². The molecule has 0 aliphatic carbocycles. The van der Waals surface area contributed by atoms with E-state index in [1.807, 2.05) is 18.2 Å². The van der Waals surface area contributed by atoms with E-state index >= 15 is 0 Å². The Hall–Kier alpha value is -3.00. The lowest BCUT2D eigenvalue weighted by molar-refractivity contribution is -0.112. The van der Waals surface area contributed by atoms with E-state index < -0.39 is 5.91 Å². The smallest absolute Gasteiger partial charge is 0.266 e. The summed E-state index contributed by atoms with van der Waals surface area (Å²) in [6.07, 6.45) is 1.38. The Balaban J connectivity index is 1.81. The van der Waals surface area contributed by atoms with Crippen LogP contribution in [0.15, 0.2) is 70.7 Å². The maximum Gasteiger partial charge on any atom is 0.266 e. The molecule has 0 aliphatic rings. The molecule has 0 saturated heterocycles. The first-order valence-corrected chi connectivity index (χ1v) is 8.35. The normalized spacial score (nSPS) is 11.0. The average molecular weight is 383 g/mol. The van der Waals surface area contributed by atoms with Gasteiger partial charge in [-0.3, -0.25) is 4.79 Å². The molecule has 0 saturated carbocycles. The maximum atomic E-state index is 12.3. The minimum Gasteiger partial charge on any atom is -0.457 e.